The van der Waals surface area contributed by atoms with Gasteiger partial charge in [0.05, 0.1) is 6.61 Å². The van der Waals surface area contributed by atoms with Crippen molar-refractivity contribution in [2.24, 2.45) is 0 Å². The standard InChI is InChI=1S/C13H19N3O2/c1-13(2)9-16(11(8-17)12(18)15-13)7-10-4-3-5-14-6-10/h3-6,11,17H,7-9H2,1-2H3,(H,15,18). The molecular formula is C13H19N3O2. The molecule has 0 spiro atoms. The minimum Gasteiger partial charge on any atom is -0.394 e. The third-order valence-electron chi connectivity index (χ3n) is 3.08. The van der Waals surface area contributed by atoms with Gasteiger partial charge in [-0.05, 0) is 25.5 Å². The van der Waals surface area contributed by atoms with Gasteiger partial charge in [0, 0.05) is 31.0 Å². The molecule has 0 aliphatic carbocycles. The molecule has 1 fully saturated rings. The van der Waals surface area contributed by atoms with Crippen LogP contribution in [0.25, 0.3) is 0 Å². The highest BCUT2D eigenvalue weighted by atomic mass is 16.3. The molecule has 1 saturated heterocycles. The number of amides is 1. The van der Waals surface area contributed by atoms with Crippen LogP contribution in [0.3, 0.4) is 0 Å². The Kier molecular flexibility index (Phi) is 3.63. The molecular weight excluding hydrogens is 230 g/mol. The third-order valence-corrected chi connectivity index (χ3v) is 3.08. The van der Waals surface area contributed by atoms with Gasteiger partial charge in [-0.15, -0.1) is 0 Å². The molecule has 5 heteroatoms. The van der Waals surface area contributed by atoms with E-state index in [9.17, 15) is 9.90 Å². The number of carbonyl (C=O) groups is 1. The molecule has 2 heterocycles. The Hall–Kier alpha value is -1.46. The summed E-state index contributed by atoms with van der Waals surface area (Å²) in [4.78, 5) is 18.0. The first-order valence-electron chi connectivity index (χ1n) is 6.08. The second-order valence-electron chi connectivity index (χ2n) is 5.34. The smallest absolute Gasteiger partial charge is 0.240 e. The monoisotopic (exact) mass is 249 g/mol. The molecule has 0 bridgehead atoms. The van der Waals surface area contributed by atoms with Crippen LogP contribution in [-0.4, -0.2) is 45.6 Å². The summed E-state index contributed by atoms with van der Waals surface area (Å²) in [5.74, 6) is -0.113. The molecule has 1 aliphatic rings. The molecule has 1 amide bonds. The van der Waals surface area contributed by atoms with Gasteiger partial charge in [-0.2, -0.15) is 0 Å². The van der Waals surface area contributed by atoms with Gasteiger partial charge in [0.15, 0.2) is 0 Å². The average Bonchev–Trinajstić information content (AvgIpc) is 2.28. The number of pyridine rings is 1. The number of nitrogens with zero attached hydrogens (tertiary/aromatic N) is 2. The lowest BCUT2D eigenvalue weighted by Crippen LogP contribution is -2.65. The van der Waals surface area contributed by atoms with E-state index in [0.29, 0.717) is 13.1 Å². The van der Waals surface area contributed by atoms with Crippen LogP contribution in [0.5, 0.6) is 0 Å². The zero-order valence-electron chi connectivity index (χ0n) is 10.8. The number of hydrogen-bond donors (Lipinski definition) is 2. The normalized spacial score (nSPS) is 23.7. The highest BCUT2D eigenvalue weighted by molar-refractivity contribution is 5.83. The first-order chi connectivity index (χ1) is 8.52. The summed E-state index contributed by atoms with van der Waals surface area (Å²) in [5.41, 5.74) is 0.770. The summed E-state index contributed by atoms with van der Waals surface area (Å²) in [5, 5.41) is 12.3. The highest BCUT2D eigenvalue weighted by Crippen LogP contribution is 2.18. The quantitative estimate of drug-likeness (QED) is 0.800. The number of piperazine rings is 1. The molecule has 0 radical (unpaired) electrons. The number of rotatable bonds is 3. The van der Waals surface area contributed by atoms with Crippen molar-refractivity contribution in [2.45, 2.75) is 32.0 Å². The number of aromatic nitrogens is 1. The van der Waals surface area contributed by atoms with E-state index in [1.54, 1.807) is 12.4 Å². The van der Waals surface area contributed by atoms with Gasteiger partial charge in [0.2, 0.25) is 5.91 Å². The maximum absolute atomic E-state index is 11.9. The number of carbonyl (C=O) groups excluding carboxylic acids is 1. The lowest BCUT2D eigenvalue weighted by Gasteiger charge is -2.43. The highest BCUT2D eigenvalue weighted by Gasteiger charge is 2.37. The summed E-state index contributed by atoms with van der Waals surface area (Å²) >= 11 is 0. The number of aliphatic hydroxyl groups is 1. The topological polar surface area (TPSA) is 65.5 Å². The van der Waals surface area contributed by atoms with E-state index in [1.165, 1.54) is 0 Å². The lowest BCUT2D eigenvalue weighted by molar-refractivity contribution is -0.135. The Bertz CT molecular complexity index is 420. The predicted octanol–water partition coefficient (Wildman–Crippen LogP) is 0.153. The first kappa shape index (κ1) is 13.0. The van der Waals surface area contributed by atoms with E-state index in [2.05, 4.69) is 10.3 Å². The summed E-state index contributed by atoms with van der Waals surface area (Å²) in [7, 11) is 0. The lowest BCUT2D eigenvalue weighted by atomic mass is 9.98. The van der Waals surface area contributed by atoms with E-state index in [4.69, 9.17) is 0 Å². The van der Waals surface area contributed by atoms with Gasteiger partial charge in [-0.1, -0.05) is 6.07 Å². The van der Waals surface area contributed by atoms with Crippen LogP contribution in [0.2, 0.25) is 0 Å². The van der Waals surface area contributed by atoms with Crippen LogP contribution in [0, 0.1) is 0 Å². The van der Waals surface area contributed by atoms with Crippen molar-refractivity contribution in [1.82, 2.24) is 15.2 Å². The molecule has 5 nitrogen and oxygen atoms in total. The summed E-state index contributed by atoms with van der Waals surface area (Å²) in [6, 6.07) is 3.37. The Morgan fingerprint density at radius 2 is 2.39 bits per heavy atom. The maximum atomic E-state index is 11.9. The number of nitrogens with one attached hydrogen (secondary N) is 1. The SMILES string of the molecule is CC1(C)CN(Cc2cccnc2)C(CO)C(=O)N1. The maximum Gasteiger partial charge on any atom is 0.240 e. The number of aliphatic hydroxyl groups excluding tert-OH is 1. The summed E-state index contributed by atoms with van der Waals surface area (Å²) in [6.07, 6.45) is 3.51. The van der Waals surface area contributed by atoms with Gasteiger partial charge in [-0.3, -0.25) is 14.7 Å². The predicted molar refractivity (Wildman–Crippen MR) is 67.7 cm³/mol. The van der Waals surface area contributed by atoms with Gasteiger partial charge in [-0.25, -0.2) is 0 Å². The van der Waals surface area contributed by atoms with Crippen molar-refractivity contribution in [3.8, 4) is 0 Å². The van der Waals surface area contributed by atoms with Crippen LogP contribution in [0.15, 0.2) is 24.5 Å². The second kappa shape index (κ2) is 5.04. The van der Waals surface area contributed by atoms with E-state index in [-0.39, 0.29) is 18.1 Å². The molecule has 2 N–H and O–H groups in total. The summed E-state index contributed by atoms with van der Waals surface area (Å²) in [6.45, 7) is 5.13. The minimum absolute atomic E-state index is 0.113. The van der Waals surface area contributed by atoms with Gasteiger partial charge in [0.25, 0.3) is 0 Å². The molecule has 1 unspecified atom stereocenters. The molecule has 0 saturated carbocycles. The zero-order valence-corrected chi connectivity index (χ0v) is 10.8. The molecule has 98 valence electrons. The van der Waals surface area contributed by atoms with E-state index < -0.39 is 6.04 Å². The van der Waals surface area contributed by atoms with Crippen LogP contribution in [-0.2, 0) is 11.3 Å². The molecule has 1 aromatic heterocycles. The van der Waals surface area contributed by atoms with Crippen LogP contribution >= 0.6 is 0 Å². The molecule has 0 aromatic carbocycles. The van der Waals surface area contributed by atoms with E-state index >= 15 is 0 Å². The first-order valence-corrected chi connectivity index (χ1v) is 6.08. The fourth-order valence-electron chi connectivity index (χ4n) is 2.33. The Morgan fingerprint density at radius 3 is 3.00 bits per heavy atom. The van der Waals surface area contributed by atoms with Crippen molar-refractivity contribution < 1.29 is 9.90 Å². The van der Waals surface area contributed by atoms with Crippen molar-refractivity contribution in [3.63, 3.8) is 0 Å². The second-order valence-corrected chi connectivity index (χ2v) is 5.34. The summed E-state index contributed by atoms with van der Waals surface area (Å²) < 4.78 is 0. The van der Waals surface area contributed by atoms with E-state index in [1.807, 2.05) is 30.9 Å². The van der Waals surface area contributed by atoms with Crippen molar-refractivity contribution in [3.05, 3.63) is 30.1 Å². The molecule has 1 aromatic rings. The third kappa shape index (κ3) is 2.86. The zero-order chi connectivity index (χ0) is 13.2. The van der Waals surface area contributed by atoms with Crippen molar-refractivity contribution in [1.29, 1.82) is 0 Å². The number of hydrogen-bond acceptors (Lipinski definition) is 4. The van der Waals surface area contributed by atoms with Crippen LogP contribution in [0.1, 0.15) is 19.4 Å². The molecule has 18 heavy (non-hydrogen) atoms. The van der Waals surface area contributed by atoms with Crippen LogP contribution < -0.4 is 5.32 Å². The molecule has 1 aliphatic heterocycles. The fraction of sp³-hybridized carbons (Fsp3) is 0.538. The van der Waals surface area contributed by atoms with Gasteiger partial charge in [0.1, 0.15) is 6.04 Å². The Morgan fingerprint density at radius 1 is 1.61 bits per heavy atom. The van der Waals surface area contributed by atoms with Crippen molar-refractivity contribution in [2.75, 3.05) is 13.2 Å². The minimum atomic E-state index is -0.474. The molecule has 1 atom stereocenters. The Balaban J connectivity index is 2.15. The van der Waals surface area contributed by atoms with E-state index in [0.717, 1.165) is 5.56 Å². The average molecular weight is 249 g/mol. The van der Waals surface area contributed by atoms with Gasteiger partial charge >= 0.3 is 0 Å². The van der Waals surface area contributed by atoms with Gasteiger partial charge < -0.3 is 10.4 Å². The fourth-order valence-corrected chi connectivity index (χ4v) is 2.33. The Labute approximate surface area is 107 Å². The van der Waals surface area contributed by atoms with Crippen LogP contribution in [0.4, 0.5) is 0 Å². The molecule has 2 rings (SSSR count). The van der Waals surface area contributed by atoms with Crippen molar-refractivity contribution >= 4 is 5.91 Å². The largest absolute Gasteiger partial charge is 0.394 e.